The first-order chi connectivity index (χ1) is 8.90. The standard InChI is InChI=1S/C14H20ClN3/c15-8-2-4-11-5-3-9-18(11)14-12-6-1-7-13(12)16-10-17-14/h10-11H,1-9H2. The summed E-state index contributed by atoms with van der Waals surface area (Å²) in [5.74, 6) is 1.99. The van der Waals surface area contributed by atoms with E-state index in [0.717, 1.165) is 31.7 Å². The number of halogens is 1. The van der Waals surface area contributed by atoms with E-state index < -0.39 is 0 Å². The van der Waals surface area contributed by atoms with Gasteiger partial charge in [-0.1, -0.05) is 0 Å². The first kappa shape index (κ1) is 12.2. The molecule has 0 amide bonds. The van der Waals surface area contributed by atoms with E-state index in [0.29, 0.717) is 6.04 Å². The van der Waals surface area contributed by atoms with Gasteiger partial charge >= 0.3 is 0 Å². The Morgan fingerprint density at radius 2 is 2.22 bits per heavy atom. The van der Waals surface area contributed by atoms with E-state index in [1.165, 1.54) is 42.8 Å². The van der Waals surface area contributed by atoms with E-state index in [-0.39, 0.29) is 0 Å². The van der Waals surface area contributed by atoms with Crippen LogP contribution in [0.15, 0.2) is 6.33 Å². The number of nitrogens with zero attached hydrogens (tertiary/aromatic N) is 3. The second-order valence-corrected chi connectivity index (χ2v) is 5.67. The zero-order valence-corrected chi connectivity index (χ0v) is 11.5. The highest BCUT2D eigenvalue weighted by Gasteiger charge is 2.29. The maximum absolute atomic E-state index is 5.82. The third-order valence-corrected chi connectivity index (χ3v) is 4.44. The van der Waals surface area contributed by atoms with Crippen molar-refractivity contribution in [1.82, 2.24) is 9.97 Å². The zero-order valence-electron chi connectivity index (χ0n) is 10.7. The smallest absolute Gasteiger partial charge is 0.135 e. The van der Waals surface area contributed by atoms with Crippen LogP contribution in [0.1, 0.15) is 43.4 Å². The molecule has 98 valence electrons. The van der Waals surface area contributed by atoms with Gasteiger partial charge in [-0.25, -0.2) is 9.97 Å². The summed E-state index contributed by atoms with van der Waals surface area (Å²) in [6.45, 7) is 1.15. The fourth-order valence-corrected chi connectivity index (χ4v) is 3.47. The summed E-state index contributed by atoms with van der Waals surface area (Å²) >= 11 is 5.82. The van der Waals surface area contributed by atoms with Gasteiger partial charge in [-0.05, 0) is 44.9 Å². The van der Waals surface area contributed by atoms with Crippen molar-refractivity contribution in [3.8, 4) is 0 Å². The number of fused-ring (bicyclic) bond motifs is 1. The molecule has 3 rings (SSSR count). The molecule has 0 aromatic carbocycles. The molecule has 0 saturated carbocycles. The Morgan fingerprint density at radius 1 is 1.28 bits per heavy atom. The van der Waals surface area contributed by atoms with Crippen molar-refractivity contribution in [3.63, 3.8) is 0 Å². The van der Waals surface area contributed by atoms with Crippen LogP contribution in [-0.2, 0) is 12.8 Å². The Morgan fingerprint density at radius 3 is 3.11 bits per heavy atom. The van der Waals surface area contributed by atoms with E-state index in [2.05, 4.69) is 14.9 Å². The summed E-state index contributed by atoms with van der Waals surface area (Å²) in [5.41, 5.74) is 2.69. The maximum Gasteiger partial charge on any atom is 0.135 e. The average Bonchev–Trinajstić information content (AvgIpc) is 3.04. The SMILES string of the molecule is ClCCCC1CCCN1c1ncnc2c1CCC2. The highest BCUT2D eigenvalue weighted by Crippen LogP contribution is 2.33. The molecule has 1 fully saturated rings. The molecule has 1 aromatic rings. The van der Waals surface area contributed by atoms with Crippen LogP contribution in [0, 0.1) is 0 Å². The van der Waals surface area contributed by atoms with Gasteiger partial charge in [0.2, 0.25) is 0 Å². The second-order valence-electron chi connectivity index (χ2n) is 5.30. The van der Waals surface area contributed by atoms with Crippen LogP contribution in [0.5, 0.6) is 0 Å². The molecular weight excluding hydrogens is 246 g/mol. The van der Waals surface area contributed by atoms with Crippen molar-refractivity contribution in [3.05, 3.63) is 17.6 Å². The van der Waals surface area contributed by atoms with Gasteiger partial charge in [-0.3, -0.25) is 0 Å². The molecule has 1 aromatic heterocycles. The minimum absolute atomic E-state index is 0.642. The molecule has 1 saturated heterocycles. The Labute approximate surface area is 114 Å². The second kappa shape index (κ2) is 5.43. The van der Waals surface area contributed by atoms with Crippen LogP contribution in [0.3, 0.4) is 0 Å². The predicted molar refractivity (Wildman–Crippen MR) is 74.4 cm³/mol. The first-order valence-electron chi connectivity index (χ1n) is 7.05. The van der Waals surface area contributed by atoms with Crippen LogP contribution >= 0.6 is 11.6 Å². The van der Waals surface area contributed by atoms with E-state index in [1.54, 1.807) is 6.33 Å². The molecule has 1 aliphatic carbocycles. The van der Waals surface area contributed by atoms with Crippen molar-refractivity contribution in [1.29, 1.82) is 0 Å². The third-order valence-electron chi connectivity index (χ3n) is 4.17. The molecular formula is C14H20ClN3. The van der Waals surface area contributed by atoms with Crippen LogP contribution in [0.25, 0.3) is 0 Å². The molecule has 0 N–H and O–H groups in total. The molecule has 1 unspecified atom stereocenters. The maximum atomic E-state index is 5.82. The molecule has 18 heavy (non-hydrogen) atoms. The van der Waals surface area contributed by atoms with Gasteiger partial charge in [0.15, 0.2) is 0 Å². The topological polar surface area (TPSA) is 29.0 Å². The molecule has 4 heteroatoms. The molecule has 1 aliphatic heterocycles. The minimum atomic E-state index is 0.642. The number of hydrogen-bond donors (Lipinski definition) is 0. The first-order valence-corrected chi connectivity index (χ1v) is 7.59. The number of rotatable bonds is 4. The molecule has 0 bridgehead atoms. The summed E-state index contributed by atoms with van der Waals surface area (Å²) in [4.78, 5) is 11.5. The highest BCUT2D eigenvalue weighted by atomic mass is 35.5. The van der Waals surface area contributed by atoms with E-state index >= 15 is 0 Å². The zero-order chi connectivity index (χ0) is 12.4. The monoisotopic (exact) mass is 265 g/mol. The fourth-order valence-electron chi connectivity index (χ4n) is 3.32. The fraction of sp³-hybridized carbons (Fsp3) is 0.714. The normalized spacial score (nSPS) is 22.5. The molecule has 3 nitrogen and oxygen atoms in total. The Balaban J connectivity index is 1.83. The van der Waals surface area contributed by atoms with Gasteiger partial charge in [-0.2, -0.15) is 0 Å². The van der Waals surface area contributed by atoms with Crippen molar-refractivity contribution in [2.24, 2.45) is 0 Å². The Kier molecular flexibility index (Phi) is 3.69. The van der Waals surface area contributed by atoms with Gasteiger partial charge in [0.1, 0.15) is 12.1 Å². The quantitative estimate of drug-likeness (QED) is 0.784. The lowest BCUT2D eigenvalue weighted by molar-refractivity contribution is 0.596. The Bertz CT molecular complexity index is 422. The van der Waals surface area contributed by atoms with Crippen LogP contribution < -0.4 is 4.90 Å². The van der Waals surface area contributed by atoms with Crippen molar-refractivity contribution >= 4 is 17.4 Å². The lowest BCUT2D eigenvalue weighted by atomic mass is 10.1. The lowest BCUT2D eigenvalue weighted by Gasteiger charge is -2.27. The number of hydrogen-bond acceptors (Lipinski definition) is 3. The predicted octanol–water partition coefficient (Wildman–Crippen LogP) is 2.95. The highest BCUT2D eigenvalue weighted by molar-refractivity contribution is 6.17. The Hall–Kier alpha value is -0.830. The molecule has 2 aliphatic rings. The minimum Gasteiger partial charge on any atom is -0.353 e. The van der Waals surface area contributed by atoms with Gasteiger partial charge in [0.05, 0.1) is 0 Å². The van der Waals surface area contributed by atoms with Gasteiger partial charge in [-0.15, -0.1) is 11.6 Å². The number of aromatic nitrogens is 2. The van der Waals surface area contributed by atoms with E-state index in [9.17, 15) is 0 Å². The van der Waals surface area contributed by atoms with E-state index in [4.69, 9.17) is 11.6 Å². The molecule has 0 spiro atoms. The number of alkyl halides is 1. The average molecular weight is 266 g/mol. The van der Waals surface area contributed by atoms with Crippen LogP contribution in [-0.4, -0.2) is 28.4 Å². The summed E-state index contributed by atoms with van der Waals surface area (Å²) in [6, 6.07) is 0.642. The largest absolute Gasteiger partial charge is 0.353 e. The van der Waals surface area contributed by atoms with Crippen LogP contribution in [0.2, 0.25) is 0 Å². The number of aryl methyl sites for hydroxylation is 1. The summed E-state index contributed by atoms with van der Waals surface area (Å²) < 4.78 is 0. The third kappa shape index (κ3) is 2.20. The van der Waals surface area contributed by atoms with E-state index in [1.807, 2.05) is 0 Å². The molecule has 2 heterocycles. The lowest BCUT2D eigenvalue weighted by Crippen LogP contribution is -2.31. The summed E-state index contributed by atoms with van der Waals surface area (Å²) in [5, 5.41) is 0. The van der Waals surface area contributed by atoms with Crippen molar-refractivity contribution < 1.29 is 0 Å². The summed E-state index contributed by atoms with van der Waals surface area (Å²) in [7, 11) is 0. The van der Waals surface area contributed by atoms with Crippen molar-refractivity contribution in [2.45, 2.75) is 51.0 Å². The van der Waals surface area contributed by atoms with Gasteiger partial charge < -0.3 is 4.90 Å². The summed E-state index contributed by atoms with van der Waals surface area (Å²) in [6.07, 6.45) is 10.1. The molecule has 0 radical (unpaired) electrons. The van der Waals surface area contributed by atoms with Gasteiger partial charge in [0.25, 0.3) is 0 Å². The van der Waals surface area contributed by atoms with Crippen LogP contribution in [0.4, 0.5) is 5.82 Å². The molecule has 1 atom stereocenters. The van der Waals surface area contributed by atoms with Crippen molar-refractivity contribution in [2.75, 3.05) is 17.3 Å². The van der Waals surface area contributed by atoms with Gasteiger partial charge in [0, 0.05) is 29.7 Å². The number of anilines is 1.